The highest BCUT2D eigenvalue weighted by Gasteiger charge is 2.24. The van der Waals surface area contributed by atoms with E-state index in [1.807, 2.05) is 0 Å². The first-order valence-corrected chi connectivity index (χ1v) is 5.01. The standard InChI is InChI=1S/C12H14O4/c1-3-10(12(14)15)11(13)8-4-6-9(16-2)7-5-8/h4-7,10H,3H2,1-2H3,(H,14,15). The summed E-state index contributed by atoms with van der Waals surface area (Å²) in [5.41, 5.74) is 0.398. The fourth-order valence-corrected chi connectivity index (χ4v) is 1.43. The largest absolute Gasteiger partial charge is 0.497 e. The molecule has 0 radical (unpaired) electrons. The van der Waals surface area contributed by atoms with Crippen molar-refractivity contribution in [1.29, 1.82) is 0 Å². The average Bonchev–Trinajstić information content (AvgIpc) is 2.29. The van der Waals surface area contributed by atoms with E-state index in [-0.39, 0.29) is 5.78 Å². The van der Waals surface area contributed by atoms with E-state index in [2.05, 4.69) is 0 Å². The van der Waals surface area contributed by atoms with Crippen molar-refractivity contribution in [3.63, 3.8) is 0 Å². The van der Waals surface area contributed by atoms with Gasteiger partial charge in [0.25, 0.3) is 0 Å². The summed E-state index contributed by atoms with van der Waals surface area (Å²) >= 11 is 0. The van der Waals surface area contributed by atoms with Crippen LogP contribution in [0.15, 0.2) is 24.3 Å². The van der Waals surface area contributed by atoms with Crippen molar-refractivity contribution in [2.45, 2.75) is 13.3 Å². The Balaban J connectivity index is 2.91. The lowest BCUT2D eigenvalue weighted by Gasteiger charge is -2.08. The first-order valence-electron chi connectivity index (χ1n) is 5.01. The zero-order chi connectivity index (χ0) is 12.1. The second kappa shape index (κ2) is 5.30. The van der Waals surface area contributed by atoms with Crippen LogP contribution in [0.1, 0.15) is 23.7 Å². The van der Waals surface area contributed by atoms with Crippen LogP contribution in [0, 0.1) is 5.92 Å². The van der Waals surface area contributed by atoms with Crippen LogP contribution in [0.3, 0.4) is 0 Å². The zero-order valence-corrected chi connectivity index (χ0v) is 9.27. The van der Waals surface area contributed by atoms with Gasteiger partial charge < -0.3 is 9.84 Å². The molecule has 86 valence electrons. The Morgan fingerprint density at radius 2 is 1.88 bits per heavy atom. The Bertz CT molecular complexity index is 381. The summed E-state index contributed by atoms with van der Waals surface area (Å²) in [6, 6.07) is 6.43. The maximum Gasteiger partial charge on any atom is 0.314 e. The minimum atomic E-state index is -1.08. The topological polar surface area (TPSA) is 63.6 Å². The Kier molecular flexibility index (Phi) is 4.05. The molecule has 4 heteroatoms. The summed E-state index contributed by atoms with van der Waals surface area (Å²) < 4.78 is 4.96. The highest BCUT2D eigenvalue weighted by molar-refractivity contribution is 6.08. The molecule has 0 aromatic heterocycles. The number of carboxylic acid groups (broad SMARTS) is 1. The van der Waals surface area contributed by atoms with Crippen LogP contribution in [0.5, 0.6) is 5.75 Å². The zero-order valence-electron chi connectivity index (χ0n) is 9.27. The molecule has 0 aliphatic heterocycles. The summed E-state index contributed by atoms with van der Waals surface area (Å²) in [6.07, 6.45) is 0.292. The fourth-order valence-electron chi connectivity index (χ4n) is 1.43. The van der Waals surface area contributed by atoms with E-state index in [0.29, 0.717) is 17.7 Å². The molecule has 0 saturated heterocycles. The van der Waals surface area contributed by atoms with Gasteiger partial charge in [0.1, 0.15) is 11.7 Å². The van der Waals surface area contributed by atoms with Crippen molar-refractivity contribution in [2.24, 2.45) is 5.92 Å². The Labute approximate surface area is 93.9 Å². The molecule has 1 aromatic carbocycles. The van der Waals surface area contributed by atoms with E-state index in [4.69, 9.17) is 9.84 Å². The fraction of sp³-hybridized carbons (Fsp3) is 0.333. The van der Waals surface area contributed by atoms with Crippen molar-refractivity contribution in [2.75, 3.05) is 7.11 Å². The third-order valence-corrected chi connectivity index (χ3v) is 2.40. The van der Waals surface area contributed by atoms with Gasteiger partial charge in [-0.3, -0.25) is 9.59 Å². The number of Topliss-reactive ketones (excluding diaryl/α,β-unsaturated/α-hetero) is 1. The SMILES string of the molecule is CCC(C(=O)O)C(=O)c1ccc(OC)cc1. The highest BCUT2D eigenvalue weighted by atomic mass is 16.5. The number of rotatable bonds is 5. The van der Waals surface area contributed by atoms with Gasteiger partial charge in [0, 0.05) is 5.56 Å². The van der Waals surface area contributed by atoms with Crippen molar-refractivity contribution < 1.29 is 19.4 Å². The average molecular weight is 222 g/mol. The van der Waals surface area contributed by atoms with E-state index in [1.54, 1.807) is 31.2 Å². The molecule has 0 amide bonds. The van der Waals surface area contributed by atoms with Crippen LogP contribution in [-0.2, 0) is 4.79 Å². The Morgan fingerprint density at radius 3 is 2.25 bits per heavy atom. The molecular formula is C12H14O4. The van der Waals surface area contributed by atoms with Crippen molar-refractivity contribution in [3.8, 4) is 5.75 Å². The predicted octanol–water partition coefficient (Wildman–Crippen LogP) is 1.99. The molecule has 4 nitrogen and oxygen atoms in total. The Morgan fingerprint density at radius 1 is 1.31 bits per heavy atom. The molecule has 1 aromatic rings. The van der Waals surface area contributed by atoms with Gasteiger partial charge in [0.05, 0.1) is 7.11 Å². The molecule has 0 heterocycles. The highest BCUT2D eigenvalue weighted by Crippen LogP contribution is 2.16. The van der Waals surface area contributed by atoms with E-state index in [9.17, 15) is 9.59 Å². The maximum absolute atomic E-state index is 11.8. The Hall–Kier alpha value is -1.84. The lowest BCUT2D eigenvalue weighted by Crippen LogP contribution is -2.23. The molecule has 1 N–H and O–H groups in total. The molecule has 0 aliphatic rings. The second-order valence-corrected chi connectivity index (χ2v) is 3.39. The van der Waals surface area contributed by atoms with Gasteiger partial charge in [0.2, 0.25) is 0 Å². The molecule has 1 atom stereocenters. The summed E-state index contributed by atoms with van der Waals surface area (Å²) in [6.45, 7) is 1.68. The lowest BCUT2D eigenvalue weighted by atomic mass is 9.95. The molecule has 0 spiro atoms. The van der Waals surface area contributed by atoms with Gasteiger partial charge in [-0.2, -0.15) is 0 Å². The minimum Gasteiger partial charge on any atom is -0.497 e. The molecule has 0 bridgehead atoms. The van der Waals surface area contributed by atoms with Crippen LogP contribution in [0.25, 0.3) is 0 Å². The lowest BCUT2D eigenvalue weighted by molar-refractivity contribution is -0.140. The van der Waals surface area contributed by atoms with Gasteiger partial charge in [-0.05, 0) is 30.7 Å². The number of carboxylic acids is 1. The molecule has 0 fully saturated rings. The monoisotopic (exact) mass is 222 g/mol. The number of aliphatic carboxylic acids is 1. The van der Waals surface area contributed by atoms with Crippen LogP contribution in [-0.4, -0.2) is 24.0 Å². The van der Waals surface area contributed by atoms with E-state index in [1.165, 1.54) is 7.11 Å². The number of benzene rings is 1. The van der Waals surface area contributed by atoms with Gasteiger partial charge in [-0.15, -0.1) is 0 Å². The number of ether oxygens (including phenoxy) is 1. The first-order chi connectivity index (χ1) is 7.60. The van der Waals surface area contributed by atoms with Crippen molar-refractivity contribution in [3.05, 3.63) is 29.8 Å². The molecule has 0 saturated carbocycles. The van der Waals surface area contributed by atoms with Gasteiger partial charge in [0.15, 0.2) is 5.78 Å². The third-order valence-electron chi connectivity index (χ3n) is 2.40. The number of carbonyl (C=O) groups excluding carboxylic acids is 1. The summed E-state index contributed by atoms with van der Waals surface area (Å²) in [7, 11) is 1.53. The quantitative estimate of drug-likeness (QED) is 0.611. The van der Waals surface area contributed by atoms with E-state index < -0.39 is 11.9 Å². The molecule has 1 rings (SSSR count). The number of ketones is 1. The van der Waals surface area contributed by atoms with Crippen molar-refractivity contribution in [1.82, 2.24) is 0 Å². The van der Waals surface area contributed by atoms with Gasteiger partial charge >= 0.3 is 5.97 Å². The van der Waals surface area contributed by atoms with Gasteiger partial charge in [-0.1, -0.05) is 6.92 Å². The maximum atomic E-state index is 11.8. The molecule has 0 aliphatic carbocycles. The van der Waals surface area contributed by atoms with Crippen LogP contribution in [0.2, 0.25) is 0 Å². The van der Waals surface area contributed by atoms with Gasteiger partial charge in [-0.25, -0.2) is 0 Å². The predicted molar refractivity (Wildman–Crippen MR) is 58.7 cm³/mol. The number of carbonyl (C=O) groups is 2. The molecule has 16 heavy (non-hydrogen) atoms. The van der Waals surface area contributed by atoms with E-state index >= 15 is 0 Å². The first kappa shape index (κ1) is 12.2. The van der Waals surface area contributed by atoms with Crippen LogP contribution in [0.4, 0.5) is 0 Å². The van der Waals surface area contributed by atoms with Crippen LogP contribution < -0.4 is 4.74 Å². The molecular weight excluding hydrogens is 208 g/mol. The minimum absolute atomic E-state index is 0.292. The second-order valence-electron chi connectivity index (χ2n) is 3.39. The summed E-state index contributed by atoms with van der Waals surface area (Å²) in [5, 5.41) is 8.86. The number of hydrogen-bond donors (Lipinski definition) is 1. The third kappa shape index (κ3) is 2.59. The van der Waals surface area contributed by atoms with Crippen LogP contribution >= 0.6 is 0 Å². The normalized spacial score (nSPS) is 11.9. The van der Waals surface area contributed by atoms with E-state index in [0.717, 1.165) is 0 Å². The number of methoxy groups -OCH3 is 1. The summed E-state index contributed by atoms with van der Waals surface area (Å²) in [5.74, 6) is -1.77. The molecule has 1 unspecified atom stereocenters. The van der Waals surface area contributed by atoms with Crippen molar-refractivity contribution >= 4 is 11.8 Å². The number of hydrogen-bond acceptors (Lipinski definition) is 3. The smallest absolute Gasteiger partial charge is 0.314 e. The summed E-state index contributed by atoms with van der Waals surface area (Å²) in [4.78, 5) is 22.6.